The molecule has 1 aromatic carbocycles. The van der Waals surface area contributed by atoms with Crippen molar-refractivity contribution in [2.75, 3.05) is 18.0 Å². The minimum Gasteiger partial charge on any atom is -0.508 e. The number of hydrogen-bond acceptors (Lipinski definition) is 6. The van der Waals surface area contributed by atoms with Gasteiger partial charge in [0.05, 0.1) is 30.2 Å². The summed E-state index contributed by atoms with van der Waals surface area (Å²) in [6, 6.07) is 2.55. The molecule has 0 bridgehead atoms. The van der Waals surface area contributed by atoms with Crippen molar-refractivity contribution in [3.8, 4) is 0 Å². The Morgan fingerprint density at radius 2 is 2.03 bits per heavy atom. The fraction of sp³-hybridized carbons (Fsp3) is 0.591. The van der Waals surface area contributed by atoms with Crippen LogP contribution in [0.15, 0.2) is 18.2 Å². The molecule has 2 atom stereocenters. The zero-order valence-electron chi connectivity index (χ0n) is 19.3. The first-order chi connectivity index (χ1) is 15.4. The Balaban J connectivity index is 1.56. The van der Waals surface area contributed by atoms with Crippen molar-refractivity contribution >= 4 is 30.6 Å². The van der Waals surface area contributed by atoms with Gasteiger partial charge in [0, 0.05) is 12.6 Å². The molecule has 0 radical (unpaired) electrons. The minimum absolute atomic E-state index is 0.119. The third-order valence-electron chi connectivity index (χ3n) is 5.62. The van der Waals surface area contributed by atoms with Crippen LogP contribution in [0.3, 0.4) is 0 Å². The summed E-state index contributed by atoms with van der Waals surface area (Å²) in [5.74, 6) is -3.12. The van der Waals surface area contributed by atoms with Gasteiger partial charge in [0.25, 0.3) is 5.97 Å². The van der Waals surface area contributed by atoms with E-state index in [4.69, 9.17) is 9.31 Å². The first kappa shape index (κ1) is 24.9. The average Bonchev–Trinajstić information content (AvgIpc) is 2.65. The lowest BCUT2D eigenvalue weighted by Gasteiger charge is -2.41. The van der Waals surface area contributed by atoms with Crippen LogP contribution >= 0.6 is 0 Å². The minimum atomic E-state index is -0.924. The van der Waals surface area contributed by atoms with Gasteiger partial charge in [0.1, 0.15) is 17.7 Å². The molecule has 2 fully saturated rings. The summed E-state index contributed by atoms with van der Waals surface area (Å²) >= 11 is 0. The molecular formula is C22H30BF2N3O5. The van der Waals surface area contributed by atoms with Crippen molar-refractivity contribution in [3.63, 3.8) is 0 Å². The SMILES string of the molecule is CC(C)C[C@H](NC(=O)CNC(=O)[C@@H]1CCN1c1ccc(F)cc1F)B1OC(=O)CC(C)(C)O1. The molecule has 2 heterocycles. The van der Waals surface area contributed by atoms with Crippen molar-refractivity contribution in [1.29, 1.82) is 0 Å². The molecule has 1 aromatic rings. The molecule has 0 aromatic heterocycles. The van der Waals surface area contributed by atoms with E-state index in [1.54, 1.807) is 13.8 Å². The average molecular weight is 465 g/mol. The lowest BCUT2D eigenvalue weighted by atomic mass is 9.71. The fourth-order valence-corrected chi connectivity index (χ4v) is 4.01. The number of hydrogen-bond donors (Lipinski definition) is 2. The van der Waals surface area contributed by atoms with Crippen LogP contribution < -0.4 is 15.5 Å². The van der Waals surface area contributed by atoms with Crippen LogP contribution in [-0.2, 0) is 23.7 Å². The lowest BCUT2D eigenvalue weighted by Crippen LogP contribution is -2.59. The van der Waals surface area contributed by atoms with E-state index in [0.29, 0.717) is 19.4 Å². The molecule has 2 N–H and O–H groups in total. The Labute approximate surface area is 192 Å². The zero-order chi connectivity index (χ0) is 24.3. The van der Waals surface area contributed by atoms with Crippen LogP contribution in [0.2, 0.25) is 0 Å². The van der Waals surface area contributed by atoms with Gasteiger partial charge in [-0.2, -0.15) is 0 Å². The van der Waals surface area contributed by atoms with Crippen LogP contribution in [-0.4, -0.2) is 55.6 Å². The van der Waals surface area contributed by atoms with Gasteiger partial charge >= 0.3 is 7.12 Å². The van der Waals surface area contributed by atoms with E-state index in [1.165, 1.54) is 11.0 Å². The van der Waals surface area contributed by atoms with Crippen molar-refractivity contribution in [3.05, 3.63) is 29.8 Å². The molecule has 11 heteroatoms. The summed E-state index contributed by atoms with van der Waals surface area (Å²) in [6.07, 6.45) is 1.11. The Morgan fingerprint density at radius 3 is 2.61 bits per heavy atom. The molecule has 2 saturated heterocycles. The molecule has 0 spiro atoms. The molecule has 0 saturated carbocycles. The number of nitrogens with one attached hydrogen (secondary N) is 2. The summed E-state index contributed by atoms with van der Waals surface area (Å²) in [5, 5.41) is 5.36. The molecule has 2 amide bonds. The quantitative estimate of drug-likeness (QED) is 0.570. The predicted octanol–water partition coefficient (Wildman–Crippen LogP) is 1.96. The van der Waals surface area contributed by atoms with E-state index in [9.17, 15) is 23.2 Å². The number of anilines is 1. The first-order valence-corrected chi connectivity index (χ1v) is 11.1. The summed E-state index contributed by atoms with van der Waals surface area (Å²) in [4.78, 5) is 38.6. The highest BCUT2D eigenvalue weighted by molar-refractivity contribution is 6.49. The third-order valence-corrected chi connectivity index (χ3v) is 5.62. The van der Waals surface area contributed by atoms with E-state index in [2.05, 4.69) is 10.6 Å². The highest BCUT2D eigenvalue weighted by Crippen LogP contribution is 2.29. The van der Waals surface area contributed by atoms with E-state index >= 15 is 0 Å². The van der Waals surface area contributed by atoms with Crippen LogP contribution in [0.1, 0.15) is 47.0 Å². The number of rotatable bonds is 8. The molecule has 33 heavy (non-hydrogen) atoms. The van der Waals surface area contributed by atoms with Gasteiger partial charge in [0.2, 0.25) is 11.8 Å². The second-order valence-electron chi connectivity index (χ2n) is 9.53. The predicted molar refractivity (Wildman–Crippen MR) is 118 cm³/mol. The molecule has 0 aliphatic carbocycles. The maximum absolute atomic E-state index is 14.1. The van der Waals surface area contributed by atoms with Crippen LogP contribution in [0.4, 0.5) is 14.5 Å². The summed E-state index contributed by atoms with van der Waals surface area (Å²) in [7, 11) is -0.924. The van der Waals surface area contributed by atoms with E-state index in [0.717, 1.165) is 12.1 Å². The van der Waals surface area contributed by atoms with Crippen molar-refractivity contribution < 1.29 is 32.5 Å². The summed E-state index contributed by atoms with van der Waals surface area (Å²) < 4.78 is 38.4. The smallest absolute Gasteiger partial charge is 0.508 e. The summed E-state index contributed by atoms with van der Waals surface area (Å²) in [5.41, 5.74) is -0.569. The highest BCUT2D eigenvalue weighted by Gasteiger charge is 2.45. The van der Waals surface area contributed by atoms with Gasteiger partial charge in [-0.25, -0.2) is 8.78 Å². The van der Waals surface area contributed by atoms with Gasteiger partial charge in [-0.05, 0) is 44.7 Å². The highest BCUT2D eigenvalue weighted by atomic mass is 19.1. The second-order valence-corrected chi connectivity index (χ2v) is 9.53. The Hall–Kier alpha value is -2.69. The Bertz CT molecular complexity index is 914. The maximum Gasteiger partial charge on any atom is 0.551 e. The normalized spacial score (nSPS) is 20.7. The molecule has 0 unspecified atom stereocenters. The zero-order valence-corrected chi connectivity index (χ0v) is 19.3. The number of benzene rings is 1. The van der Waals surface area contributed by atoms with Gasteiger partial charge in [-0.1, -0.05) is 13.8 Å². The number of nitrogens with zero attached hydrogens (tertiary/aromatic N) is 1. The standard InChI is InChI=1S/C22H30BF2N3O5/c1-13(2)9-18(23-32-20(30)11-22(3,4)33-23)27-19(29)12-26-21(31)17-7-8-28(17)16-6-5-14(24)10-15(16)25/h5-6,10,13,17-18H,7-9,11-12H2,1-4H3,(H,26,31)(H,27,29)/t17-,18-/m0/s1. The Morgan fingerprint density at radius 1 is 1.30 bits per heavy atom. The monoisotopic (exact) mass is 465 g/mol. The molecule has 8 nitrogen and oxygen atoms in total. The first-order valence-electron chi connectivity index (χ1n) is 11.1. The second kappa shape index (κ2) is 10.1. The number of carbonyl (C=O) groups is 3. The van der Waals surface area contributed by atoms with Crippen molar-refractivity contribution in [1.82, 2.24) is 10.6 Å². The number of amides is 2. The van der Waals surface area contributed by atoms with E-state index < -0.39 is 54.1 Å². The summed E-state index contributed by atoms with van der Waals surface area (Å²) in [6.45, 7) is 7.65. The van der Waals surface area contributed by atoms with Crippen LogP contribution in [0.5, 0.6) is 0 Å². The Kier molecular flexibility index (Phi) is 7.61. The van der Waals surface area contributed by atoms with Gasteiger partial charge < -0.3 is 24.8 Å². The van der Waals surface area contributed by atoms with Gasteiger partial charge in [-0.15, -0.1) is 0 Å². The van der Waals surface area contributed by atoms with Crippen LogP contribution in [0.25, 0.3) is 0 Å². The van der Waals surface area contributed by atoms with Gasteiger partial charge in [-0.3, -0.25) is 14.4 Å². The molecule has 180 valence electrons. The fourth-order valence-electron chi connectivity index (χ4n) is 4.01. The third kappa shape index (κ3) is 6.43. The number of carbonyl (C=O) groups excluding carboxylic acids is 3. The van der Waals surface area contributed by atoms with Crippen LogP contribution in [0, 0.1) is 17.6 Å². The topological polar surface area (TPSA) is 97.0 Å². The van der Waals surface area contributed by atoms with Gasteiger partial charge in [0.15, 0.2) is 0 Å². The molecular weight excluding hydrogens is 435 g/mol. The molecule has 2 aliphatic rings. The largest absolute Gasteiger partial charge is 0.551 e. The van der Waals surface area contributed by atoms with Crippen molar-refractivity contribution in [2.24, 2.45) is 5.92 Å². The molecule has 2 aliphatic heterocycles. The van der Waals surface area contributed by atoms with E-state index in [1.807, 2.05) is 13.8 Å². The lowest BCUT2D eigenvalue weighted by molar-refractivity contribution is -0.147. The van der Waals surface area contributed by atoms with E-state index in [-0.39, 0.29) is 24.6 Å². The van der Waals surface area contributed by atoms with Crippen molar-refractivity contribution in [2.45, 2.75) is 64.5 Å². The maximum atomic E-state index is 14.1. The number of halogens is 2. The molecule has 3 rings (SSSR count).